The van der Waals surface area contributed by atoms with Gasteiger partial charge in [-0.2, -0.15) is 0 Å². The maximum atomic E-state index is 12.8. The van der Waals surface area contributed by atoms with E-state index in [9.17, 15) is 13.6 Å². The van der Waals surface area contributed by atoms with Crippen LogP contribution in [0.2, 0.25) is 5.02 Å². The Morgan fingerprint density at radius 1 is 1.65 bits per heavy atom. The van der Waals surface area contributed by atoms with E-state index in [-0.39, 0.29) is 23.9 Å². The van der Waals surface area contributed by atoms with Crippen LogP contribution in [0.1, 0.15) is 35.1 Å². The number of pyridine rings is 1. The third kappa shape index (κ3) is 3.10. The molecule has 1 aromatic rings. The highest BCUT2D eigenvalue weighted by molar-refractivity contribution is 6.33. The van der Waals surface area contributed by atoms with Crippen molar-refractivity contribution in [1.29, 1.82) is 0 Å². The summed E-state index contributed by atoms with van der Waals surface area (Å²) in [6.07, 6.45) is -2.92. The summed E-state index contributed by atoms with van der Waals surface area (Å²) >= 11 is 5.76. The van der Waals surface area contributed by atoms with E-state index >= 15 is 0 Å². The first-order valence-electron chi connectivity index (χ1n) is 4.85. The van der Waals surface area contributed by atoms with E-state index in [4.69, 9.17) is 17.3 Å². The third-order valence-corrected chi connectivity index (χ3v) is 2.25. The van der Waals surface area contributed by atoms with Crippen molar-refractivity contribution in [2.24, 2.45) is 5.73 Å². The van der Waals surface area contributed by atoms with Gasteiger partial charge in [-0.25, -0.2) is 18.6 Å². The molecule has 0 atom stereocenters. The van der Waals surface area contributed by atoms with Crippen LogP contribution in [0.25, 0.3) is 0 Å². The van der Waals surface area contributed by atoms with E-state index in [0.29, 0.717) is 0 Å². The van der Waals surface area contributed by atoms with Crippen LogP contribution in [0.15, 0.2) is 6.07 Å². The number of rotatable bonds is 4. The number of aromatic nitrogens is 1. The summed E-state index contributed by atoms with van der Waals surface area (Å²) in [6, 6.07) is 1.28. The van der Waals surface area contributed by atoms with E-state index in [2.05, 4.69) is 9.72 Å². The molecule has 7 heteroatoms. The van der Waals surface area contributed by atoms with E-state index in [1.54, 1.807) is 6.92 Å². The van der Waals surface area contributed by atoms with Gasteiger partial charge in [0.25, 0.3) is 6.43 Å². The van der Waals surface area contributed by atoms with Crippen LogP contribution in [0.3, 0.4) is 0 Å². The maximum absolute atomic E-state index is 12.8. The molecule has 0 fully saturated rings. The first kappa shape index (κ1) is 13.8. The van der Waals surface area contributed by atoms with Gasteiger partial charge in [-0.15, -0.1) is 0 Å². The molecule has 0 amide bonds. The number of ether oxygens (including phenoxy) is 1. The number of esters is 1. The van der Waals surface area contributed by atoms with Crippen molar-refractivity contribution in [2.45, 2.75) is 19.9 Å². The summed E-state index contributed by atoms with van der Waals surface area (Å²) in [5, 5.41) is -0.130. The lowest BCUT2D eigenvalue weighted by Gasteiger charge is -2.10. The molecule has 4 nitrogen and oxygen atoms in total. The minimum Gasteiger partial charge on any atom is -0.462 e. The number of nitrogens with two attached hydrogens (primary N) is 1. The van der Waals surface area contributed by atoms with Gasteiger partial charge in [0, 0.05) is 6.54 Å². The van der Waals surface area contributed by atoms with Crippen LogP contribution in [-0.2, 0) is 11.3 Å². The smallest absolute Gasteiger partial charge is 0.341 e. The van der Waals surface area contributed by atoms with Gasteiger partial charge in [-0.05, 0) is 13.0 Å². The Labute approximate surface area is 102 Å². The van der Waals surface area contributed by atoms with Gasteiger partial charge in [0.05, 0.1) is 17.3 Å². The average Bonchev–Trinajstić information content (AvgIpc) is 2.27. The summed E-state index contributed by atoms with van der Waals surface area (Å²) in [5.74, 6) is -0.913. The average molecular weight is 265 g/mol. The summed E-state index contributed by atoms with van der Waals surface area (Å²) in [6.45, 7) is 1.59. The van der Waals surface area contributed by atoms with Crippen molar-refractivity contribution < 1.29 is 18.3 Å². The van der Waals surface area contributed by atoms with Gasteiger partial charge >= 0.3 is 5.97 Å². The lowest BCUT2D eigenvalue weighted by molar-refractivity contribution is 0.0513. The Hall–Kier alpha value is -1.27. The molecule has 94 valence electrons. The molecular weight excluding hydrogens is 254 g/mol. The minimum absolute atomic E-state index is 0.0391. The predicted molar refractivity (Wildman–Crippen MR) is 58.1 cm³/mol. The molecule has 0 spiro atoms. The number of halogens is 3. The number of alkyl halides is 2. The zero-order chi connectivity index (χ0) is 13.0. The fourth-order valence-corrected chi connectivity index (χ4v) is 1.55. The minimum atomic E-state index is -2.92. The van der Waals surface area contributed by atoms with Crippen LogP contribution >= 0.6 is 11.6 Å². The lowest BCUT2D eigenvalue weighted by atomic mass is 10.1. The van der Waals surface area contributed by atoms with Gasteiger partial charge in [0.15, 0.2) is 0 Å². The molecule has 0 aliphatic rings. The largest absolute Gasteiger partial charge is 0.462 e. The van der Waals surface area contributed by atoms with E-state index in [1.165, 1.54) is 6.07 Å². The summed E-state index contributed by atoms with van der Waals surface area (Å²) in [4.78, 5) is 15.1. The molecule has 0 aliphatic heterocycles. The molecule has 0 aliphatic carbocycles. The molecule has 1 heterocycles. The van der Waals surface area contributed by atoms with Crippen LogP contribution in [0.4, 0.5) is 8.78 Å². The number of hydrogen-bond donors (Lipinski definition) is 1. The number of nitrogens with zero attached hydrogens (tertiary/aromatic N) is 1. The van der Waals surface area contributed by atoms with E-state index < -0.39 is 23.7 Å². The third-order valence-electron chi connectivity index (χ3n) is 1.95. The maximum Gasteiger partial charge on any atom is 0.341 e. The van der Waals surface area contributed by atoms with E-state index in [0.717, 1.165) is 0 Å². The number of hydrogen-bond acceptors (Lipinski definition) is 4. The van der Waals surface area contributed by atoms with Crippen molar-refractivity contribution in [3.05, 3.63) is 28.0 Å². The highest BCUT2D eigenvalue weighted by Crippen LogP contribution is 2.28. The molecular formula is C10H11ClF2N2O2. The molecule has 0 aromatic carbocycles. The Balaban J connectivity index is 3.31. The molecule has 17 heavy (non-hydrogen) atoms. The topological polar surface area (TPSA) is 65.2 Å². The van der Waals surface area contributed by atoms with Gasteiger partial charge in [-0.1, -0.05) is 11.6 Å². The second-order valence-corrected chi connectivity index (χ2v) is 3.49. The van der Waals surface area contributed by atoms with Crippen molar-refractivity contribution in [2.75, 3.05) is 6.61 Å². The van der Waals surface area contributed by atoms with Crippen molar-refractivity contribution >= 4 is 17.6 Å². The quantitative estimate of drug-likeness (QED) is 0.848. The van der Waals surface area contributed by atoms with E-state index in [1.807, 2.05) is 0 Å². The molecule has 0 unspecified atom stereocenters. The van der Waals surface area contributed by atoms with Crippen molar-refractivity contribution in [3.8, 4) is 0 Å². The van der Waals surface area contributed by atoms with Gasteiger partial charge in [0.2, 0.25) is 0 Å². The standard InChI is InChI=1S/C10H11ClF2N2O2/c1-2-17-10(16)7-6(11)3-5(4-14)15-8(7)9(12)13/h3,9H,2,4,14H2,1H3. The Morgan fingerprint density at radius 3 is 2.76 bits per heavy atom. The lowest BCUT2D eigenvalue weighted by Crippen LogP contribution is -2.13. The highest BCUT2D eigenvalue weighted by atomic mass is 35.5. The highest BCUT2D eigenvalue weighted by Gasteiger charge is 2.25. The van der Waals surface area contributed by atoms with Gasteiger partial charge in [-0.3, -0.25) is 0 Å². The normalized spacial score (nSPS) is 10.7. The first-order chi connectivity index (χ1) is 8.01. The second-order valence-electron chi connectivity index (χ2n) is 3.08. The second kappa shape index (κ2) is 5.88. The molecule has 1 rings (SSSR count). The Bertz CT molecular complexity index is 427. The number of carbonyl (C=O) groups excluding carboxylic acids is 1. The zero-order valence-corrected chi connectivity index (χ0v) is 9.80. The Morgan fingerprint density at radius 2 is 2.29 bits per heavy atom. The van der Waals surface area contributed by atoms with Gasteiger partial charge < -0.3 is 10.5 Å². The molecule has 0 bridgehead atoms. The van der Waals surface area contributed by atoms with Crippen LogP contribution in [-0.4, -0.2) is 17.6 Å². The summed E-state index contributed by atoms with van der Waals surface area (Å²) in [7, 11) is 0. The summed E-state index contributed by atoms with van der Waals surface area (Å²) < 4.78 is 30.2. The van der Waals surface area contributed by atoms with Gasteiger partial charge in [0.1, 0.15) is 11.3 Å². The fourth-order valence-electron chi connectivity index (χ4n) is 1.25. The molecule has 0 radical (unpaired) electrons. The fraction of sp³-hybridized carbons (Fsp3) is 0.400. The first-order valence-corrected chi connectivity index (χ1v) is 5.23. The van der Waals surface area contributed by atoms with Crippen LogP contribution in [0.5, 0.6) is 0 Å². The monoisotopic (exact) mass is 264 g/mol. The Kier molecular flexibility index (Phi) is 4.77. The SMILES string of the molecule is CCOC(=O)c1c(Cl)cc(CN)nc1C(F)F. The van der Waals surface area contributed by atoms with Crippen molar-refractivity contribution in [1.82, 2.24) is 4.98 Å². The molecule has 0 saturated carbocycles. The zero-order valence-electron chi connectivity index (χ0n) is 9.04. The molecule has 1 aromatic heterocycles. The molecule has 2 N–H and O–H groups in total. The van der Waals surface area contributed by atoms with Crippen molar-refractivity contribution in [3.63, 3.8) is 0 Å². The predicted octanol–water partition coefficient (Wildman–Crippen LogP) is 2.31. The van der Waals surface area contributed by atoms with Crippen LogP contribution in [0, 0.1) is 0 Å². The number of carbonyl (C=O) groups is 1. The summed E-state index contributed by atoms with van der Waals surface area (Å²) in [5.41, 5.74) is 4.38. The van der Waals surface area contributed by atoms with Crippen LogP contribution < -0.4 is 5.73 Å². The molecule has 0 saturated heterocycles.